The normalized spacial score (nSPS) is 10.9. The molecule has 20 heavy (non-hydrogen) atoms. The van der Waals surface area contributed by atoms with Gasteiger partial charge in [0.15, 0.2) is 0 Å². The first-order valence-electron chi connectivity index (χ1n) is 7.04. The molecule has 0 aliphatic heterocycles. The average molecular weight is 274 g/mol. The number of nitrogens with zero attached hydrogens (tertiary/aromatic N) is 3. The molecule has 0 spiro atoms. The Labute approximate surface area is 120 Å². The van der Waals surface area contributed by atoms with Gasteiger partial charge in [-0.3, -0.25) is 4.68 Å². The molecule has 5 heteroatoms. The van der Waals surface area contributed by atoms with Crippen LogP contribution < -0.4 is 10.1 Å². The molecule has 0 amide bonds. The molecule has 108 valence electrons. The lowest BCUT2D eigenvalue weighted by Gasteiger charge is -2.05. The van der Waals surface area contributed by atoms with Gasteiger partial charge in [0.05, 0.1) is 12.3 Å². The second-order valence-corrected chi connectivity index (χ2v) is 5.02. The number of aryl methyl sites for hydroxylation is 1. The molecule has 0 fully saturated rings. The maximum atomic E-state index is 5.64. The van der Waals surface area contributed by atoms with Crippen molar-refractivity contribution in [2.45, 2.75) is 39.4 Å². The minimum atomic E-state index is 0.458. The molecule has 5 nitrogen and oxygen atoms in total. The van der Waals surface area contributed by atoms with Crippen molar-refractivity contribution < 1.29 is 4.74 Å². The van der Waals surface area contributed by atoms with Gasteiger partial charge in [0.1, 0.15) is 5.75 Å². The third-order valence-corrected chi connectivity index (χ3v) is 2.82. The number of rotatable bonds is 8. The molecule has 0 atom stereocenters. The summed E-state index contributed by atoms with van der Waals surface area (Å²) in [6.45, 7) is 6.50. The Hall–Kier alpha value is -1.88. The van der Waals surface area contributed by atoms with E-state index in [-0.39, 0.29) is 0 Å². The molecule has 0 bridgehead atoms. The molecule has 0 aliphatic carbocycles. The maximum absolute atomic E-state index is 5.64. The summed E-state index contributed by atoms with van der Waals surface area (Å²) in [7, 11) is 0. The zero-order valence-electron chi connectivity index (χ0n) is 12.1. The van der Waals surface area contributed by atoms with E-state index in [0.717, 1.165) is 31.0 Å². The van der Waals surface area contributed by atoms with Gasteiger partial charge in [-0.25, -0.2) is 0 Å². The van der Waals surface area contributed by atoms with Crippen molar-refractivity contribution in [3.63, 3.8) is 0 Å². The standard InChI is InChI=1S/C15H22N4O/c1-13(2)16-11-14-12-19(18-17-14)9-6-10-20-15-7-4-3-5-8-15/h3-5,7-8,12-13,16H,6,9-11H2,1-2H3. The van der Waals surface area contributed by atoms with E-state index in [4.69, 9.17) is 4.74 Å². The monoisotopic (exact) mass is 274 g/mol. The van der Waals surface area contributed by atoms with Crippen molar-refractivity contribution in [2.24, 2.45) is 0 Å². The van der Waals surface area contributed by atoms with Crippen LogP contribution in [0.15, 0.2) is 36.5 Å². The summed E-state index contributed by atoms with van der Waals surface area (Å²) in [5.74, 6) is 0.910. The Bertz CT molecular complexity index is 496. The lowest BCUT2D eigenvalue weighted by atomic mass is 10.3. The van der Waals surface area contributed by atoms with E-state index >= 15 is 0 Å². The molecular weight excluding hydrogens is 252 g/mol. The first kappa shape index (κ1) is 14.5. The van der Waals surface area contributed by atoms with E-state index in [0.29, 0.717) is 12.6 Å². The van der Waals surface area contributed by atoms with Gasteiger partial charge in [-0.05, 0) is 12.1 Å². The van der Waals surface area contributed by atoms with E-state index in [2.05, 4.69) is 29.5 Å². The summed E-state index contributed by atoms with van der Waals surface area (Å²) < 4.78 is 7.51. The number of hydrogen-bond donors (Lipinski definition) is 1. The lowest BCUT2D eigenvalue weighted by molar-refractivity contribution is 0.298. The first-order valence-corrected chi connectivity index (χ1v) is 7.04. The van der Waals surface area contributed by atoms with Crippen molar-refractivity contribution in [1.29, 1.82) is 0 Å². The van der Waals surface area contributed by atoms with Gasteiger partial charge in [-0.2, -0.15) is 0 Å². The third-order valence-electron chi connectivity index (χ3n) is 2.82. The SMILES string of the molecule is CC(C)NCc1cn(CCCOc2ccccc2)nn1. The summed E-state index contributed by atoms with van der Waals surface area (Å²) >= 11 is 0. The predicted molar refractivity (Wildman–Crippen MR) is 78.6 cm³/mol. The Balaban J connectivity index is 1.67. The quantitative estimate of drug-likeness (QED) is 0.750. The van der Waals surface area contributed by atoms with Gasteiger partial charge in [-0.1, -0.05) is 37.3 Å². The fourth-order valence-corrected chi connectivity index (χ4v) is 1.77. The van der Waals surface area contributed by atoms with Gasteiger partial charge in [-0.15, -0.1) is 5.10 Å². The summed E-state index contributed by atoms with van der Waals surface area (Å²) in [6, 6.07) is 10.3. The molecule has 0 unspecified atom stereocenters. The van der Waals surface area contributed by atoms with Crippen LogP contribution in [0.4, 0.5) is 0 Å². The highest BCUT2D eigenvalue weighted by Crippen LogP contribution is 2.08. The third kappa shape index (κ3) is 5.01. The number of hydrogen-bond acceptors (Lipinski definition) is 4. The Kier molecular flexibility index (Phi) is 5.55. The number of para-hydroxylation sites is 1. The number of ether oxygens (including phenoxy) is 1. The molecule has 1 N–H and O–H groups in total. The van der Waals surface area contributed by atoms with Gasteiger partial charge >= 0.3 is 0 Å². The molecule has 2 rings (SSSR count). The van der Waals surface area contributed by atoms with Crippen LogP contribution in [0.5, 0.6) is 5.75 Å². The van der Waals surface area contributed by atoms with Gasteiger partial charge in [0.2, 0.25) is 0 Å². The highest BCUT2D eigenvalue weighted by atomic mass is 16.5. The number of aromatic nitrogens is 3. The van der Waals surface area contributed by atoms with Gasteiger partial charge < -0.3 is 10.1 Å². The summed E-state index contributed by atoms with van der Waals surface area (Å²) in [6.07, 6.45) is 2.90. The molecule has 0 saturated carbocycles. The second kappa shape index (κ2) is 7.65. The van der Waals surface area contributed by atoms with Crippen LogP contribution in [0, 0.1) is 0 Å². The summed E-state index contributed by atoms with van der Waals surface area (Å²) in [5.41, 5.74) is 0.975. The highest BCUT2D eigenvalue weighted by Gasteiger charge is 2.01. The average Bonchev–Trinajstić information content (AvgIpc) is 2.90. The molecule has 1 aromatic heterocycles. The first-order chi connectivity index (χ1) is 9.74. The topological polar surface area (TPSA) is 52.0 Å². The van der Waals surface area contributed by atoms with Crippen LogP contribution >= 0.6 is 0 Å². The van der Waals surface area contributed by atoms with Crippen molar-refractivity contribution in [1.82, 2.24) is 20.3 Å². The predicted octanol–water partition coefficient (Wildman–Crippen LogP) is 2.25. The fourth-order valence-electron chi connectivity index (χ4n) is 1.77. The minimum Gasteiger partial charge on any atom is -0.494 e. The van der Waals surface area contributed by atoms with E-state index < -0.39 is 0 Å². The Morgan fingerprint density at radius 2 is 2.05 bits per heavy atom. The fraction of sp³-hybridized carbons (Fsp3) is 0.467. The van der Waals surface area contributed by atoms with E-state index in [9.17, 15) is 0 Å². The van der Waals surface area contributed by atoms with Crippen LogP contribution in [0.3, 0.4) is 0 Å². The van der Waals surface area contributed by atoms with E-state index in [1.807, 2.05) is 41.2 Å². The highest BCUT2D eigenvalue weighted by molar-refractivity contribution is 5.20. The number of benzene rings is 1. The van der Waals surface area contributed by atoms with Crippen molar-refractivity contribution in [2.75, 3.05) is 6.61 Å². The lowest BCUT2D eigenvalue weighted by Crippen LogP contribution is -2.21. The largest absolute Gasteiger partial charge is 0.494 e. The van der Waals surface area contributed by atoms with Crippen molar-refractivity contribution >= 4 is 0 Å². The van der Waals surface area contributed by atoms with Gasteiger partial charge in [0.25, 0.3) is 0 Å². The Morgan fingerprint density at radius 1 is 1.25 bits per heavy atom. The molecule has 0 saturated heterocycles. The summed E-state index contributed by atoms with van der Waals surface area (Å²) in [4.78, 5) is 0. The van der Waals surface area contributed by atoms with Crippen LogP contribution in [0.2, 0.25) is 0 Å². The zero-order valence-corrected chi connectivity index (χ0v) is 12.1. The Morgan fingerprint density at radius 3 is 2.80 bits per heavy atom. The molecule has 0 aliphatic rings. The second-order valence-electron chi connectivity index (χ2n) is 5.02. The van der Waals surface area contributed by atoms with Crippen molar-refractivity contribution in [3.05, 3.63) is 42.2 Å². The summed E-state index contributed by atoms with van der Waals surface area (Å²) in [5, 5.41) is 11.6. The molecule has 0 radical (unpaired) electrons. The molecule has 1 heterocycles. The molecule has 2 aromatic rings. The van der Waals surface area contributed by atoms with Crippen LogP contribution in [0.25, 0.3) is 0 Å². The van der Waals surface area contributed by atoms with Crippen LogP contribution in [-0.2, 0) is 13.1 Å². The minimum absolute atomic E-state index is 0.458. The van der Waals surface area contributed by atoms with Gasteiger partial charge in [0, 0.05) is 31.7 Å². The number of nitrogens with one attached hydrogen (secondary N) is 1. The van der Waals surface area contributed by atoms with Crippen molar-refractivity contribution in [3.8, 4) is 5.75 Å². The zero-order chi connectivity index (χ0) is 14.2. The maximum Gasteiger partial charge on any atom is 0.119 e. The van der Waals surface area contributed by atoms with E-state index in [1.54, 1.807) is 0 Å². The molecular formula is C15H22N4O. The smallest absolute Gasteiger partial charge is 0.119 e. The molecule has 1 aromatic carbocycles. The van der Waals surface area contributed by atoms with Crippen LogP contribution in [0.1, 0.15) is 26.0 Å². The van der Waals surface area contributed by atoms with Crippen LogP contribution in [-0.4, -0.2) is 27.6 Å². The van der Waals surface area contributed by atoms with E-state index in [1.165, 1.54) is 0 Å².